The van der Waals surface area contributed by atoms with E-state index >= 15 is 0 Å². The van der Waals surface area contributed by atoms with Gasteiger partial charge in [0.2, 0.25) is 11.9 Å². The van der Waals surface area contributed by atoms with Crippen LogP contribution >= 0.6 is 0 Å². The smallest absolute Gasteiger partial charge is 0.249 e. The molecule has 0 saturated heterocycles. The number of carbonyl (C=O) groups is 1. The molecule has 3 rings (SSSR count). The van der Waals surface area contributed by atoms with Gasteiger partial charge in [-0.15, -0.1) is 5.10 Å². The molecule has 2 aromatic rings. The lowest BCUT2D eigenvalue weighted by Gasteiger charge is -1.96. The molecule has 1 amide bonds. The number of anilines is 1. The molecule has 0 spiro atoms. The van der Waals surface area contributed by atoms with Gasteiger partial charge < -0.3 is 0 Å². The molecule has 0 radical (unpaired) electrons. The summed E-state index contributed by atoms with van der Waals surface area (Å²) in [7, 11) is 0. The van der Waals surface area contributed by atoms with Crippen LogP contribution in [0.1, 0.15) is 12.8 Å². The van der Waals surface area contributed by atoms with E-state index in [0.717, 1.165) is 12.8 Å². The van der Waals surface area contributed by atoms with Crippen LogP contribution in [-0.4, -0.2) is 26.1 Å². The highest BCUT2D eigenvalue weighted by Crippen LogP contribution is 2.29. The van der Waals surface area contributed by atoms with E-state index in [1.54, 1.807) is 6.20 Å². The number of carbonyl (C=O) groups excluding carboxylic acids is 1. The lowest BCUT2D eigenvalue weighted by molar-refractivity contribution is -0.117. The van der Waals surface area contributed by atoms with Crippen molar-refractivity contribution in [3.63, 3.8) is 0 Å². The van der Waals surface area contributed by atoms with Crippen LogP contribution in [0.15, 0.2) is 24.4 Å². The largest absolute Gasteiger partial charge is 0.293 e. The molecule has 6 heteroatoms. The zero-order valence-corrected chi connectivity index (χ0v) is 9.05. The second kappa shape index (κ2) is 3.97. The van der Waals surface area contributed by atoms with Crippen molar-refractivity contribution in [1.82, 2.24) is 20.2 Å². The van der Waals surface area contributed by atoms with Crippen molar-refractivity contribution in [2.75, 3.05) is 5.32 Å². The van der Waals surface area contributed by atoms with Crippen LogP contribution in [0.3, 0.4) is 0 Å². The summed E-state index contributed by atoms with van der Waals surface area (Å²) in [5.41, 5.74) is 0.701. The zero-order chi connectivity index (χ0) is 11.7. The van der Waals surface area contributed by atoms with Crippen molar-refractivity contribution in [2.45, 2.75) is 12.8 Å². The maximum atomic E-state index is 11.5. The van der Waals surface area contributed by atoms with E-state index in [-0.39, 0.29) is 11.8 Å². The first-order chi connectivity index (χ1) is 8.33. The number of rotatable bonds is 3. The van der Waals surface area contributed by atoms with E-state index in [0.29, 0.717) is 17.5 Å². The van der Waals surface area contributed by atoms with Crippen molar-refractivity contribution in [2.24, 2.45) is 5.92 Å². The Hall–Kier alpha value is -2.24. The molecule has 1 aliphatic rings. The minimum Gasteiger partial charge on any atom is -0.293 e. The summed E-state index contributed by atoms with van der Waals surface area (Å²) in [5.74, 6) is 1.00. The summed E-state index contributed by atoms with van der Waals surface area (Å²) < 4.78 is 0. The van der Waals surface area contributed by atoms with Crippen molar-refractivity contribution >= 4 is 11.9 Å². The molecule has 2 N–H and O–H groups in total. The maximum Gasteiger partial charge on any atom is 0.249 e. The zero-order valence-electron chi connectivity index (χ0n) is 9.05. The second-order valence-electron chi connectivity index (χ2n) is 3.99. The van der Waals surface area contributed by atoms with Gasteiger partial charge in [-0.3, -0.25) is 20.2 Å². The van der Waals surface area contributed by atoms with Crippen molar-refractivity contribution in [1.29, 1.82) is 0 Å². The molecular formula is C11H11N5O. The molecule has 1 fully saturated rings. The lowest BCUT2D eigenvalue weighted by atomic mass is 10.3. The minimum atomic E-state index is -0.00318. The van der Waals surface area contributed by atoms with Crippen LogP contribution in [0, 0.1) is 5.92 Å². The highest BCUT2D eigenvalue weighted by atomic mass is 16.2. The lowest BCUT2D eigenvalue weighted by Crippen LogP contribution is -2.14. The summed E-state index contributed by atoms with van der Waals surface area (Å²) >= 11 is 0. The number of H-pyrrole nitrogens is 1. The molecule has 0 aliphatic heterocycles. The molecule has 17 heavy (non-hydrogen) atoms. The Labute approximate surface area is 97.5 Å². The quantitative estimate of drug-likeness (QED) is 0.828. The van der Waals surface area contributed by atoms with Gasteiger partial charge in [0.25, 0.3) is 0 Å². The van der Waals surface area contributed by atoms with Crippen LogP contribution < -0.4 is 5.32 Å². The Morgan fingerprint density at radius 1 is 1.41 bits per heavy atom. The van der Waals surface area contributed by atoms with Gasteiger partial charge in [-0.1, -0.05) is 6.07 Å². The third kappa shape index (κ3) is 2.15. The van der Waals surface area contributed by atoms with Gasteiger partial charge in [-0.25, -0.2) is 0 Å². The molecular weight excluding hydrogens is 218 g/mol. The molecule has 2 aromatic heterocycles. The number of nitrogens with zero attached hydrogens (tertiary/aromatic N) is 3. The van der Waals surface area contributed by atoms with Crippen LogP contribution in [0.2, 0.25) is 0 Å². The predicted molar refractivity (Wildman–Crippen MR) is 61.0 cm³/mol. The monoisotopic (exact) mass is 229 g/mol. The highest BCUT2D eigenvalue weighted by molar-refractivity contribution is 5.92. The average Bonchev–Trinajstić information content (AvgIpc) is 3.12. The van der Waals surface area contributed by atoms with Gasteiger partial charge in [-0.05, 0) is 25.0 Å². The van der Waals surface area contributed by atoms with E-state index in [2.05, 4.69) is 25.5 Å². The molecule has 86 valence electrons. The third-order valence-corrected chi connectivity index (χ3v) is 2.58. The second-order valence-corrected chi connectivity index (χ2v) is 3.99. The fourth-order valence-corrected chi connectivity index (χ4v) is 1.49. The van der Waals surface area contributed by atoms with Gasteiger partial charge in [0.05, 0.1) is 0 Å². The Morgan fingerprint density at radius 2 is 2.29 bits per heavy atom. The first-order valence-corrected chi connectivity index (χ1v) is 5.47. The van der Waals surface area contributed by atoms with Crippen LogP contribution in [-0.2, 0) is 4.79 Å². The number of amides is 1. The minimum absolute atomic E-state index is 0.00318. The average molecular weight is 229 g/mol. The van der Waals surface area contributed by atoms with Crippen molar-refractivity contribution in [3.8, 4) is 11.5 Å². The normalized spacial score (nSPS) is 14.6. The molecule has 0 atom stereocenters. The summed E-state index contributed by atoms with van der Waals surface area (Å²) in [6.07, 6.45) is 3.60. The fraction of sp³-hybridized carbons (Fsp3) is 0.273. The highest BCUT2D eigenvalue weighted by Gasteiger charge is 2.30. The third-order valence-electron chi connectivity index (χ3n) is 2.58. The van der Waals surface area contributed by atoms with Crippen LogP contribution in [0.4, 0.5) is 5.95 Å². The number of hydrogen-bond donors (Lipinski definition) is 2. The standard InChI is InChI=1S/C11H11N5O/c17-10(7-4-5-7)14-11-13-9(15-16-11)8-3-1-2-6-12-8/h1-3,6-7H,4-5H2,(H2,13,14,15,16,17). The van der Waals surface area contributed by atoms with Gasteiger partial charge in [0.1, 0.15) is 5.69 Å². The van der Waals surface area contributed by atoms with E-state index in [1.807, 2.05) is 18.2 Å². The fourth-order valence-electron chi connectivity index (χ4n) is 1.49. The molecule has 6 nitrogen and oxygen atoms in total. The molecule has 0 unspecified atom stereocenters. The van der Waals surface area contributed by atoms with Crippen molar-refractivity contribution in [3.05, 3.63) is 24.4 Å². The number of nitrogens with one attached hydrogen (secondary N) is 2. The summed E-state index contributed by atoms with van der Waals surface area (Å²) in [5, 5.41) is 9.36. The van der Waals surface area contributed by atoms with Gasteiger partial charge in [-0.2, -0.15) is 4.98 Å². The number of aromatic amines is 1. The van der Waals surface area contributed by atoms with Crippen molar-refractivity contribution < 1.29 is 4.79 Å². The Balaban J connectivity index is 1.76. The SMILES string of the molecule is O=C(Nc1n[nH]c(-c2ccccn2)n1)C1CC1. The summed E-state index contributed by atoms with van der Waals surface area (Å²) in [6, 6.07) is 5.52. The van der Waals surface area contributed by atoms with Gasteiger partial charge in [0, 0.05) is 12.1 Å². The Bertz CT molecular complexity index is 532. The molecule has 0 aromatic carbocycles. The maximum absolute atomic E-state index is 11.5. The first kappa shape index (κ1) is 9.95. The summed E-state index contributed by atoms with van der Waals surface area (Å²) in [4.78, 5) is 19.8. The molecule has 1 aliphatic carbocycles. The number of hydrogen-bond acceptors (Lipinski definition) is 4. The molecule has 0 bridgehead atoms. The van der Waals surface area contributed by atoms with Crippen LogP contribution in [0.5, 0.6) is 0 Å². The Kier molecular flexibility index (Phi) is 2.32. The summed E-state index contributed by atoms with van der Waals surface area (Å²) in [6.45, 7) is 0. The topological polar surface area (TPSA) is 83.6 Å². The van der Waals surface area contributed by atoms with E-state index in [4.69, 9.17) is 0 Å². The van der Waals surface area contributed by atoms with Crippen LogP contribution in [0.25, 0.3) is 11.5 Å². The van der Waals surface area contributed by atoms with Gasteiger partial charge >= 0.3 is 0 Å². The first-order valence-electron chi connectivity index (χ1n) is 5.47. The molecule has 2 heterocycles. The number of pyridine rings is 1. The predicted octanol–water partition coefficient (Wildman–Crippen LogP) is 1.22. The Morgan fingerprint density at radius 3 is 3.00 bits per heavy atom. The molecule has 1 saturated carbocycles. The van der Waals surface area contributed by atoms with E-state index in [9.17, 15) is 4.79 Å². The van der Waals surface area contributed by atoms with E-state index < -0.39 is 0 Å². The van der Waals surface area contributed by atoms with Gasteiger partial charge in [0.15, 0.2) is 5.82 Å². The number of aromatic nitrogens is 4. The van der Waals surface area contributed by atoms with E-state index in [1.165, 1.54) is 0 Å².